The van der Waals surface area contributed by atoms with E-state index in [0.717, 1.165) is 86.2 Å². The molecular weight excluding hydrogens is 408 g/mol. The summed E-state index contributed by atoms with van der Waals surface area (Å²) in [7, 11) is 0. The summed E-state index contributed by atoms with van der Waals surface area (Å²) in [6.45, 7) is 8.70. The Balaban J connectivity index is 1.44. The summed E-state index contributed by atoms with van der Waals surface area (Å²) in [6.07, 6.45) is 6.11. The minimum Gasteiger partial charge on any atom is -0.342 e. The van der Waals surface area contributed by atoms with Gasteiger partial charge in [-0.1, -0.05) is 29.8 Å². The Bertz CT molecular complexity index is 902. The Morgan fingerprint density at radius 3 is 2.45 bits per heavy atom. The number of likely N-dealkylation sites (tertiary alicyclic amines) is 2. The fourth-order valence-corrected chi connectivity index (χ4v) is 5.08. The van der Waals surface area contributed by atoms with Crippen molar-refractivity contribution in [3.8, 4) is 0 Å². The molecule has 31 heavy (non-hydrogen) atoms. The molecule has 2 aromatic rings. The van der Waals surface area contributed by atoms with Crippen LogP contribution in [-0.2, 0) is 17.8 Å². The molecule has 0 bridgehead atoms. The molecule has 1 amide bonds. The van der Waals surface area contributed by atoms with Crippen LogP contribution in [-0.4, -0.2) is 51.9 Å². The van der Waals surface area contributed by atoms with Gasteiger partial charge in [0.05, 0.1) is 6.42 Å². The Kier molecular flexibility index (Phi) is 7.24. The molecule has 1 atom stereocenters. The van der Waals surface area contributed by atoms with E-state index in [1.807, 2.05) is 36.9 Å². The van der Waals surface area contributed by atoms with Crippen molar-refractivity contribution in [3.63, 3.8) is 0 Å². The molecule has 1 aromatic heterocycles. The van der Waals surface area contributed by atoms with Gasteiger partial charge in [-0.05, 0) is 64.1 Å². The fourth-order valence-electron chi connectivity index (χ4n) is 4.89. The average Bonchev–Trinajstić information content (AvgIpc) is 2.78. The maximum Gasteiger partial charge on any atom is 0.227 e. The number of nitrogens with zero attached hydrogens (tertiary/aromatic N) is 4. The Labute approximate surface area is 190 Å². The second-order valence-electron chi connectivity index (χ2n) is 9.02. The molecule has 0 saturated carbocycles. The molecule has 0 aliphatic carbocycles. The van der Waals surface area contributed by atoms with Crippen LogP contribution in [0.15, 0.2) is 24.3 Å². The number of carbonyl (C=O) groups excluding carboxylic acids is 1. The Morgan fingerprint density at radius 1 is 1.03 bits per heavy atom. The van der Waals surface area contributed by atoms with E-state index in [0.29, 0.717) is 12.3 Å². The first-order valence-corrected chi connectivity index (χ1v) is 12.0. The third-order valence-electron chi connectivity index (χ3n) is 6.70. The second kappa shape index (κ2) is 10.1. The third kappa shape index (κ3) is 5.45. The highest BCUT2D eigenvalue weighted by Gasteiger charge is 2.26. The van der Waals surface area contributed by atoms with Crippen molar-refractivity contribution < 1.29 is 4.79 Å². The number of piperidine rings is 2. The molecule has 3 heterocycles. The largest absolute Gasteiger partial charge is 0.342 e. The minimum absolute atomic E-state index is 0.214. The molecule has 0 spiro atoms. The van der Waals surface area contributed by atoms with Crippen molar-refractivity contribution in [1.29, 1.82) is 0 Å². The zero-order valence-electron chi connectivity index (χ0n) is 18.7. The van der Waals surface area contributed by atoms with Gasteiger partial charge in [-0.15, -0.1) is 0 Å². The van der Waals surface area contributed by atoms with E-state index < -0.39 is 0 Å². The predicted molar refractivity (Wildman–Crippen MR) is 124 cm³/mol. The maximum absolute atomic E-state index is 12.8. The Hall–Kier alpha value is -1.98. The lowest BCUT2D eigenvalue weighted by atomic mass is 9.95. The lowest BCUT2D eigenvalue weighted by Crippen LogP contribution is -2.37. The molecule has 2 fully saturated rings. The molecule has 0 radical (unpaired) electrons. The van der Waals surface area contributed by atoms with E-state index in [1.165, 1.54) is 12.0 Å². The summed E-state index contributed by atoms with van der Waals surface area (Å²) in [5.74, 6) is 1.46. The van der Waals surface area contributed by atoms with Gasteiger partial charge in [-0.3, -0.25) is 9.69 Å². The SMILES string of the molecule is Cc1nc(C2CCCN(Cc3ccccc3Cl)C2)nc(C)c1CC(=O)N1CCCCC1. The quantitative estimate of drug-likeness (QED) is 0.677. The first-order chi connectivity index (χ1) is 15.0. The smallest absolute Gasteiger partial charge is 0.227 e. The van der Waals surface area contributed by atoms with Gasteiger partial charge >= 0.3 is 0 Å². The molecule has 6 heteroatoms. The van der Waals surface area contributed by atoms with Crippen molar-refractivity contribution in [2.45, 2.75) is 64.8 Å². The zero-order valence-corrected chi connectivity index (χ0v) is 19.5. The van der Waals surface area contributed by atoms with E-state index in [1.54, 1.807) is 0 Å². The normalized spacial score (nSPS) is 20.1. The molecule has 5 nitrogen and oxygen atoms in total. The van der Waals surface area contributed by atoms with Crippen molar-refractivity contribution in [1.82, 2.24) is 19.8 Å². The summed E-state index contributed by atoms with van der Waals surface area (Å²) in [5.41, 5.74) is 4.08. The molecule has 0 N–H and O–H groups in total. The van der Waals surface area contributed by atoms with Crippen LogP contribution < -0.4 is 0 Å². The predicted octanol–water partition coefficient (Wildman–Crippen LogP) is 4.68. The first kappa shape index (κ1) is 22.2. The molecule has 2 aliphatic heterocycles. The topological polar surface area (TPSA) is 49.3 Å². The van der Waals surface area contributed by atoms with Crippen LogP contribution in [0.25, 0.3) is 0 Å². The number of carbonyl (C=O) groups is 1. The van der Waals surface area contributed by atoms with Crippen LogP contribution in [0.3, 0.4) is 0 Å². The lowest BCUT2D eigenvalue weighted by Gasteiger charge is -2.32. The minimum atomic E-state index is 0.214. The summed E-state index contributed by atoms with van der Waals surface area (Å²) in [6, 6.07) is 8.08. The van der Waals surface area contributed by atoms with Gasteiger partial charge in [0.2, 0.25) is 5.91 Å². The van der Waals surface area contributed by atoms with E-state index in [2.05, 4.69) is 11.0 Å². The fraction of sp³-hybridized carbons (Fsp3) is 0.560. The van der Waals surface area contributed by atoms with Crippen LogP contribution in [0.5, 0.6) is 0 Å². The van der Waals surface area contributed by atoms with Crippen LogP contribution in [0, 0.1) is 13.8 Å². The zero-order chi connectivity index (χ0) is 21.8. The number of hydrogen-bond donors (Lipinski definition) is 0. The average molecular weight is 441 g/mol. The lowest BCUT2D eigenvalue weighted by molar-refractivity contribution is -0.131. The molecule has 166 valence electrons. The number of aryl methyl sites for hydroxylation is 2. The highest BCUT2D eigenvalue weighted by atomic mass is 35.5. The van der Waals surface area contributed by atoms with Crippen molar-refractivity contribution >= 4 is 17.5 Å². The van der Waals surface area contributed by atoms with Crippen LogP contribution >= 0.6 is 11.6 Å². The van der Waals surface area contributed by atoms with Gasteiger partial charge in [0.1, 0.15) is 5.82 Å². The molecule has 1 unspecified atom stereocenters. The number of hydrogen-bond acceptors (Lipinski definition) is 4. The number of halogens is 1. The monoisotopic (exact) mass is 440 g/mol. The summed E-state index contributed by atoms with van der Waals surface area (Å²) < 4.78 is 0. The van der Waals surface area contributed by atoms with Gasteiger partial charge < -0.3 is 4.90 Å². The molecular formula is C25H33ClN4O. The van der Waals surface area contributed by atoms with Crippen LogP contribution in [0.2, 0.25) is 5.02 Å². The van der Waals surface area contributed by atoms with E-state index in [9.17, 15) is 4.79 Å². The van der Waals surface area contributed by atoms with Gasteiger partial charge in [0.15, 0.2) is 0 Å². The highest BCUT2D eigenvalue weighted by molar-refractivity contribution is 6.31. The number of benzene rings is 1. The summed E-state index contributed by atoms with van der Waals surface area (Å²) in [5, 5.41) is 0.829. The summed E-state index contributed by atoms with van der Waals surface area (Å²) in [4.78, 5) is 27.0. The first-order valence-electron chi connectivity index (χ1n) is 11.6. The van der Waals surface area contributed by atoms with Crippen LogP contribution in [0.4, 0.5) is 0 Å². The molecule has 2 aliphatic rings. The van der Waals surface area contributed by atoms with Gasteiger partial charge in [0.25, 0.3) is 0 Å². The van der Waals surface area contributed by atoms with Gasteiger partial charge in [-0.25, -0.2) is 9.97 Å². The van der Waals surface area contributed by atoms with E-state index in [4.69, 9.17) is 21.6 Å². The van der Waals surface area contributed by atoms with E-state index >= 15 is 0 Å². The molecule has 2 saturated heterocycles. The number of aromatic nitrogens is 2. The standard InChI is InChI=1S/C25H33ClN4O/c1-18-22(15-24(31)30-13-6-3-7-14-30)19(2)28-25(27-18)21-10-8-12-29(17-21)16-20-9-4-5-11-23(20)26/h4-5,9,11,21H,3,6-8,10,12-17H2,1-2H3. The second-order valence-corrected chi connectivity index (χ2v) is 9.42. The molecule has 4 rings (SSSR count). The third-order valence-corrected chi connectivity index (χ3v) is 7.07. The van der Waals surface area contributed by atoms with Crippen LogP contribution in [0.1, 0.15) is 66.4 Å². The summed E-state index contributed by atoms with van der Waals surface area (Å²) >= 11 is 6.37. The van der Waals surface area contributed by atoms with E-state index in [-0.39, 0.29) is 5.91 Å². The van der Waals surface area contributed by atoms with Gasteiger partial charge in [0, 0.05) is 54.1 Å². The van der Waals surface area contributed by atoms with Crippen molar-refractivity contribution in [2.24, 2.45) is 0 Å². The highest BCUT2D eigenvalue weighted by Crippen LogP contribution is 2.28. The van der Waals surface area contributed by atoms with Crippen molar-refractivity contribution in [2.75, 3.05) is 26.2 Å². The maximum atomic E-state index is 12.8. The Morgan fingerprint density at radius 2 is 1.74 bits per heavy atom. The van der Waals surface area contributed by atoms with Crippen molar-refractivity contribution in [3.05, 3.63) is 57.6 Å². The molecule has 1 aromatic carbocycles. The number of rotatable bonds is 5. The van der Waals surface area contributed by atoms with Gasteiger partial charge in [-0.2, -0.15) is 0 Å². The number of amides is 1.